The molecule has 4 N–H and O–H groups in total. The van der Waals surface area contributed by atoms with Crippen LogP contribution in [-0.2, 0) is 42.2 Å². The van der Waals surface area contributed by atoms with Crippen LogP contribution in [0, 0.1) is 12.8 Å². The number of ether oxygens (including phenoxy) is 2. The average Bonchev–Trinajstić information content (AvgIpc) is 3.43. The van der Waals surface area contributed by atoms with E-state index in [-0.39, 0.29) is 33.0 Å². The van der Waals surface area contributed by atoms with Gasteiger partial charge in [-0.05, 0) is 75.6 Å². The highest BCUT2D eigenvalue weighted by atomic mass is 35.5. The molecule has 0 spiro atoms. The Hall–Kier alpha value is -3.41. The molecule has 0 radical (unpaired) electrons. The summed E-state index contributed by atoms with van der Waals surface area (Å²) in [5, 5.41) is 17.7. The Morgan fingerprint density at radius 3 is 2.62 bits per heavy atom. The van der Waals surface area contributed by atoms with Gasteiger partial charge >= 0.3 is 12.2 Å². The lowest BCUT2D eigenvalue weighted by Gasteiger charge is -2.35. The minimum absolute atomic E-state index is 0.0476. The molecule has 6 rings (SSSR count). The molecular formula is C38H49Cl2N5O9S2. The molecule has 3 aliphatic heterocycles. The molecule has 2 fully saturated rings. The van der Waals surface area contributed by atoms with Gasteiger partial charge in [0.05, 0.1) is 16.4 Å². The number of allylic oxidation sites excluding steroid dienone is 1. The van der Waals surface area contributed by atoms with Crippen molar-refractivity contribution >= 4 is 68.6 Å². The summed E-state index contributed by atoms with van der Waals surface area (Å²) >= 11 is 13.0. The number of thiophene rings is 1. The summed E-state index contributed by atoms with van der Waals surface area (Å²) < 4.78 is 40.4. The Labute approximate surface area is 341 Å². The highest BCUT2D eigenvalue weighted by Gasteiger charge is 2.62. The van der Waals surface area contributed by atoms with Gasteiger partial charge in [0.15, 0.2) is 0 Å². The van der Waals surface area contributed by atoms with Crippen LogP contribution in [0.2, 0.25) is 8.67 Å². The largest absolute Gasteiger partial charge is 0.445 e. The Balaban J connectivity index is 1.27. The van der Waals surface area contributed by atoms with E-state index in [0.29, 0.717) is 38.8 Å². The van der Waals surface area contributed by atoms with Gasteiger partial charge in [0, 0.05) is 32.0 Å². The lowest BCUT2D eigenvalue weighted by atomic mass is 10.0. The van der Waals surface area contributed by atoms with E-state index in [1.54, 1.807) is 24.8 Å². The van der Waals surface area contributed by atoms with E-state index in [9.17, 15) is 32.7 Å². The maximum atomic E-state index is 14.4. The second-order valence-electron chi connectivity index (χ2n) is 15.7. The van der Waals surface area contributed by atoms with Crippen molar-refractivity contribution in [3.8, 4) is 0 Å². The van der Waals surface area contributed by atoms with Crippen LogP contribution in [0.15, 0.2) is 41.3 Å². The van der Waals surface area contributed by atoms with Crippen LogP contribution < -0.4 is 15.4 Å². The van der Waals surface area contributed by atoms with Crippen molar-refractivity contribution < 1.29 is 42.2 Å². The average molecular weight is 855 g/mol. The van der Waals surface area contributed by atoms with Crippen molar-refractivity contribution in [2.24, 2.45) is 5.92 Å². The molecule has 1 aromatic heterocycles. The van der Waals surface area contributed by atoms with Gasteiger partial charge in [0.2, 0.25) is 5.91 Å². The Bertz CT molecular complexity index is 1990. The lowest BCUT2D eigenvalue weighted by Crippen LogP contribution is -2.59. The number of aryl methyl sites for hydroxylation is 1. The van der Waals surface area contributed by atoms with Gasteiger partial charge in [-0.3, -0.25) is 19.4 Å². The van der Waals surface area contributed by atoms with Crippen molar-refractivity contribution in [1.82, 2.24) is 25.2 Å². The van der Waals surface area contributed by atoms with Gasteiger partial charge in [0.25, 0.3) is 15.9 Å². The number of sulfonamides is 1. The molecule has 56 heavy (non-hydrogen) atoms. The van der Waals surface area contributed by atoms with Crippen LogP contribution in [0.3, 0.4) is 0 Å². The van der Waals surface area contributed by atoms with Gasteiger partial charge in [-0.2, -0.15) is 0 Å². The van der Waals surface area contributed by atoms with Crippen molar-refractivity contribution in [1.29, 1.82) is 0 Å². The first-order valence-corrected chi connectivity index (χ1v) is 22.0. The van der Waals surface area contributed by atoms with Crippen LogP contribution >= 0.6 is 34.5 Å². The van der Waals surface area contributed by atoms with Crippen molar-refractivity contribution in [3.63, 3.8) is 0 Å². The molecule has 2 unspecified atom stereocenters. The standard InChI is InChI=1S/C38H49Cl2N5O9S2/c1-5-37(3,4)54-35(49)41-27-15-10-8-6-7-9-14-24-18-38(24,34(48)43-56(51,52)29-17-30(39)55-31(29)40)42-32(46)28-16-25(20-45(28)33(27)47)53-36(50)44-19-23-13-11-12-22(2)26(23)21-44/h9,11-14,17,24-25,27-28,33,47H,5-8,10,15-16,18-21H2,1-4H3,(H,41,49)(H,42,46)(H,43,48)/b14-9-/t24-,25?,27+,28+,33?,38-/m1/s1. The fraction of sp³-hybridized carbons (Fsp3) is 0.579. The molecule has 14 nitrogen and oxygen atoms in total. The number of nitrogens with one attached hydrogen (secondary N) is 3. The number of aliphatic hydroxyl groups excluding tert-OH is 1. The van der Waals surface area contributed by atoms with Gasteiger partial charge < -0.3 is 25.2 Å². The Kier molecular flexibility index (Phi) is 12.7. The Morgan fingerprint density at radius 1 is 1.16 bits per heavy atom. The zero-order valence-electron chi connectivity index (χ0n) is 31.8. The molecule has 1 aromatic carbocycles. The van der Waals surface area contributed by atoms with Gasteiger partial charge in [-0.25, -0.2) is 22.7 Å². The molecule has 4 aliphatic rings. The number of halogens is 2. The molecular weight excluding hydrogens is 805 g/mol. The number of amides is 4. The molecule has 2 aromatic rings. The van der Waals surface area contributed by atoms with Crippen molar-refractivity contribution in [2.75, 3.05) is 6.54 Å². The van der Waals surface area contributed by atoms with Crippen LogP contribution in [0.1, 0.15) is 88.8 Å². The monoisotopic (exact) mass is 853 g/mol. The molecule has 0 bridgehead atoms. The number of rotatable bonds is 7. The first-order chi connectivity index (χ1) is 26.4. The molecule has 1 saturated heterocycles. The van der Waals surface area contributed by atoms with E-state index in [1.165, 1.54) is 4.90 Å². The first-order valence-electron chi connectivity index (χ1n) is 18.9. The van der Waals surface area contributed by atoms with Gasteiger partial charge in [0.1, 0.15) is 32.7 Å². The highest BCUT2D eigenvalue weighted by molar-refractivity contribution is 7.90. The molecule has 6 atom stereocenters. The number of benzene rings is 1. The van der Waals surface area contributed by atoms with Gasteiger partial charge in [-0.15, -0.1) is 11.3 Å². The number of aliphatic hydroxyl groups is 1. The van der Waals surface area contributed by atoms with Crippen molar-refractivity contribution in [3.05, 3.63) is 61.8 Å². The van der Waals surface area contributed by atoms with Crippen LogP contribution in [0.25, 0.3) is 0 Å². The summed E-state index contributed by atoms with van der Waals surface area (Å²) in [6, 6.07) is 5.00. The summed E-state index contributed by atoms with van der Waals surface area (Å²) in [6.07, 6.45) is 3.89. The number of fused-ring (bicyclic) bond motifs is 3. The van der Waals surface area contributed by atoms with E-state index >= 15 is 0 Å². The molecule has 4 heterocycles. The predicted molar refractivity (Wildman–Crippen MR) is 210 cm³/mol. The summed E-state index contributed by atoms with van der Waals surface area (Å²) in [4.78, 5) is 57.8. The molecule has 1 aliphatic carbocycles. The highest BCUT2D eigenvalue weighted by Crippen LogP contribution is 2.46. The third kappa shape index (κ3) is 9.31. The lowest BCUT2D eigenvalue weighted by molar-refractivity contribution is -0.135. The van der Waals surface area contributed by atoms with Crippen LogP contribution in [0.4, 0.5) is 9.59 Å². The molecule has 4 amide bonds. The molecule has 306 valence electrons. The Morgan fingerprint density at radius 2 is 1.93 bits per heavy atom. The normalized spacial score (nSPS) is 27.7. The van der Waals surface area contributed by atoms with E-state index in [4.69, 9.17) is 32.7 Å². The SMILES string of the molecule is CCC(C)(C)OC(=O)N[C@H]1CCCCC/C=C\[C@@H]2C[C@@]2(C(=O)NS(=O)(=O)c2cc(Cl)sc2Cl)NC(=O)[C@@H]2CC(OC(=O)N3Cc4cccc(C)c4C3)CN2C1O. The number of hydrogen-bond donors (Lipinski definition) is 4. The van der Waals surface area contributed by atoms with E-state index in [2.05, 4.69) is 15.4 Å². The predicted octanol–water partition coefficient (Wildman–Crippen LogP) is 5.76. The number of hydrogen-bond acceptors (Lipinski definition) is 11. The summed E-state index contributed by atoms with van der Waals surface area (Å²) in [5.74, 6) is -2.18. The molecule has 1 saturated carbocycles. The third-order valence-corrected chi connectivity index (χ3v) is 14.3. The summed E-state index contributed by atoms with van der Waals surface area (Å²) in [7, 11) is -4.47. The minimum atomic E-state index is -4.47. The van der Waals surface area contributed by atoms with Crippen molar-refractivity contribution in [2.45, 2.75) is 133 Å². The summed E-state index contributed by atoms with van der Waals surface area (Å²) in [5.41, 5.74) is 0.712. The number of carbonyl (C=O) groups is 4. The number of carbonyl (C=O) groups excluding carboxylic acids is 4. The second kappa shape index (κ2) is 16.8. The summed E-state index contributed by atoms with van der Waals surface area (Å²) in [6.45, 7) is 8.08. The van der Waals surface area contributed by atoms with Crippen LogP contribution in [-0.4, -0.2) is 89.4 Å². The second-order valence-corrected chi connectivity index (χ2v) is 19.6. The van der Waals surface area contributed by atoms with Gasteiger partial charge in [-0.1, -0.05) is 73.3 Å². The number of nitrogens with zero attached hydrogens (tertiary/aromatic N) is 2. The molecule has 18 heteroatoms. The zero-order valence-corrected chi connectivity index (χ0v) is 35.0. The smallest absolute Gasteiger partial charge is 0.410 e. The fourth-order valence-electron chi connectivity index (χ4n) is 7.55. The van der Waals surface area contributed by atoms with E-state index in [1.807, 2.05) is 38.1 Å². The van der Waals surface area contributed by atoms with E-state index in [0.717, 1.165) is 46.9 Å². The van der Waals surface area contributed by atoms with E-state index < -0.39 is 75.5 Å². The zero-order chi connectivity index (χ0) is 40.6. The topological polar surface area (TPSA) is 184 Å². The number of alkyl carbamates (subject to hydrolysis) is 1. The maximum Gasteiger partial charge on any atom is 0.410 e. The first kappa shape index (κ1) is 42.2. The fourth-order valence-corrected chi connectivity index (χ4v) is 10.7. The maximum absolute atomic E-state index is 14.4. The quantitative estimate of drug-likeness (QED) is 0.250. The van der Waals surface area contributed by atoms with Crippen LogP contribution in [0.5, 0.6) is 0 Å². The third-order valence-electron chi connectivity index (χ3n) is 11.2. The minimum Gasteiger partial charge on any atom is -0.445 e.